The number of anilines is 1. The molecule has 1 rings (SSSR count). The van der Waals surface area contributed by atoms with Crippen LogP contribution in [-0.2, 0) is 9.59 Å². The Balaban J connectivity index is 2.50. The highest BCUT2D eigenvalue weighted by molar-refractivity contribution is 9.10. The predicted octanol–water partition coefficient (Wildman–Crippen LogP) is 2.09. The SMILES string of the molecule is CC(C)C(NCC(=O)Nc1cccc(Br)c1)C(=O)O. The largest absolute Gasteiger partial charge is 0.480 e. The van der Waals surface area contributed by atoms with E-state index < -0.39 is 12.0 Å². The van der Waals surface area contributed by atoms with Crippen LogP contribution in [-0.4, -0.2) is 29.6 Å². The molecule has 0 heterocycles. The van der Waals surface area contributed by atoms with Gasteiger partial charge in [-0.2, -0.15) is 0 Å². The first-order valence-corrected chi connectivity index (χ1v) is 6.71. The van der Waals surface area contributed by atoms with E-state index in [0.717, 1.165) is 4.47 Å². The first-order chi connectivity index (χ1) is 8.90. The van der Waals surface area contributed by atoms with Gasteiger partial charge in [-0.05, 0) is 24.1 Å². The molecule has 1 aromatic rings. The van der Waals surface area contributed by atoms with Crippen molar-refractivity contribution >= 4 is 33.5 Å². The van der Waals surface area contributed by atoms with Crippen LogP contribution in [0.3, 0.4) is 0 Å². The molecule has 0 radical (unpaired) electrons. The fraction of sp³-hybridized carbons (Fsp3) is 0.385. The van der Waals surface area contributed by atoms with Gasteiger partial charge in [0, 0.05) is 10.2 Å². The minimum atomic E-state index is -0.953. The average Bonchev–Trinajstić information content (AvgIpc) is 2.27. The highest BCUT2D eigenvalue weighted by atomic mass is 79.9. The summed E-state index contributed by atoms with van der Waals surface area (Å²) in [6.45, 7) is 3.54. The van der Waals surface area contributed by atoms with Gasteiger partial charge in [-0.3, -0.25) is 14.9 Å². The quantitative estimate of drug-likeness (QED) is 0.747. The van der Waals surface area contributed by atoms with Gasteiger partial charge in [-0.15, -0.1) is 0 Å². The van der Waals surface area contributed by atoms with Crippen molar-refractivity contribution in [1.29, 1.82) is 0 Å². The molecule has 0 aliphatic rings. The van der Waals surface area contributed by atoms with Crippen LogP contribution < -0.4 is 10.6 Å². The second kappa shape index (κ2) is 7.25. The number of benzene rings is 1. The molecule has 0 spiro atoms. The second-order valence-corrected chi connectivity index (χ2v) is 5.42. The number of halogens is 1. The lowest BCUT2D eigenvalue weighted by atomic mass is 10.1. The lowest BCUT2D eigenvalue weighted by Gasteiger charge is -2.17. The van der Waals surface area contributed by atoms with E-state index in [1.165, 1.54) is 0 Å². The molecule has 0 saturated carbocycles. The van der Waals surface area contributed by atoms with Crippen LogP contribution >= 0.6 is 15.9 Å². The summed E-state index contributed by atoms with van der Waals surface area (Å²) in [5, 5.41) is 14.4. The molecule has 0 bridgehead atoms. The van der Waals surface area contributed by atoms with Gasteiger partial charge >= 0.3 is 5.97 Å². The molecular weight excluding hydrogens is 312 g/mol. The standard InChI is InChI=1S/C13H17BrN2O3/c1-8(2)12(13(18)19)15-7-11(17)16-10-5-3-4-9(14)6-10/h3-6,8,12,15H,7H2,1-2H3,(H,16,17)(H,18,19). The fourth-order valence-corrected chi connectivity index (χ4v) is 1.98. The van der Waals surface area contributed by atoms with Gasteiger partial charge in [-0.1, -0.05) is 35.8 Å². The monoisotopic (exact) mass is 328 g/mol. The van der Waals surface area contributed by atoms with Gasteiger partial charge < -0.3 is 10.4 Å². The zero-order chi connectivity index (χ0) is 14.4. The van der Waals surface area contributed by atoms with Crippen molar-refractivity contribution in [2.24, 2.45) is 5.92 Å². The van der Waals surface area contributed by atoms with Crippen molar-refractivity contribution in [2.75, 3.05) is 11.9 Å². The molecular formula is C13H17BrN2O3. The average molecular weight is 329 g/mol. The second-order valence-electron chi connectivity index (χ2n) is 4.50. The molecule has 0 fully saturated rings. The van der Waals surface area contributed by atoms with Gasteiger partial charge in [-0.25, -0.2) is 0 Å². The fourth-order valence-electron chi connectivity index (χ4n) is 1.58. The smallest absolute Gasteiger partial charge is 0.320 e. The van der Waals surface area contributed by atoms with Crippen molar-refractivity contribution < 1.29 is 14.7 Å². The van der Waals surface area contributed by atoms with Crippen LogP contribution in [0.2, 0.25) is 0 Å². The van der Waals surface area contributed by atoms with Crippen LogP contribution in [0.5, 0.6) is 0 Å². The summed E-state index contributed by atoms with van der Waals surface area (Å²) < 4.78 is 0.865. The Hall–Kier alpha value is -1.40. The molecule has 3 N–H and O–H groups in total. The highest BCUT2D eigenvalue weighted by Gasteiger charge is 2.21. The molecule has 1 atom stereocenters. The van der Waals surface area contributed by atoms with E-state index in [1.54, 1.807) is 32.0 Å². The molecule has 1 amide bonds. The third-order valence-electron chi connectivity index (χ3n) is 2.52. The summed E-state index contributed by atoms with van der Waals surface area (Å²) in [5.74, 6) is -1.31. The number of nitrogens with one attached hydrogen (secondary N) is 2. The van der Waals surface area contributed by atoms with Crippen molar-refractivity contribution in [3.05, 3.63) is 28.7 Å². The summed E-state index contributed by atoms with van der Waals surface area (Å²) >= 11 is 3.31. The van der Waals surface area contributed by atoms with Crippen LogP contribution in [0.4, 0.5) is 5.69 Å². The number of hydrogen-bond acceptors (Lipinski definition) is 3. The number of amides is 1. The van der Waals surface area contributed by atoms with Crippen LogP contribution in [0.1, 0.15) is 13.8 Å². The predicted molar refractivity (Wildman–Crippen MR) is 77.0 cm³/mol. The molecule has 6 heteroatoms. The molecule has 0 aliphatic carbocycles. The maximum absolute atomic E-state index is 11.7. The Morgan fingerprint density at radius 2 is 2.05 bits per heavy atom. The summed E-state index contributed by atoms with van der Waals surface area (Å²) in [5.41, 5.74) is 0.664. The zero-order valence-electron chi connectivity index (χ0n) is 10.8. The van der Waals surface area contributed by atoms with E-state index in [9.17, 15) is 9.59 Å². The normalized spacial score (nSPS) is 12.2. The zero-order valence-corrected chi connectivity index (χ0v) is 12.4. The van der Waals surface area contributed by atoms with E-state index in [-0.39, 0.29) is 18.4 Å². The van der Waals surface area contributed by atoms with Crippen molar-refractivity contribution in [1.82, 2.24) is 5.32 Å². The topological polar surface area (TPSA) is 78.4 Å². The highest BCUT2D eigenvalue weighted by Crippen LogP contribution is 2.15. The molecule has 5 nitrogen and oxygen atoms in total. The minimum Gasteiger partial charge on any atom is -0.480 e. The number of carbonyl (C=O) groups excluding carboxylic acids is 1. The van der Waals surface area contributed by atoms with Crippen molar-refractivity contribution in [2.45, 2.75) is 19.9 Å². The number of carboxylic acids is 1. The number of aliphatic carboxylic acids is 1. The lowest BCUT2D eigenvalue weighted by molar-refractivity contribution is -0.140. The maximum Gasteiger partial charge on any atom is 0.320 e. The van der Waals surface area contributed by atoms with Crippen molar-refractivity contribution in [3.63, 3.8) is 0 Å². The Morgan fingerprint density at radius 3 is 2.58 bits per heavy atom. The Morgan fingerprint density at radius 1 is 1.37 bits per heavy atom. The van der Waals surface area contributed by atoms with E-state index >= 15 is 0 Å². The molecule has 104 valence electrons. The Kier molecular flexibility index (Phi) is 5.98. The van der Waals surface area contributed by atoms with Gasteiger partial charge in [0.05, 0.1) is 6.54 Å². The van der Waals surface area contributed by atoms with E-state index in [1.807, 2.05) is 6.07 Å². The van der Waals surface area contributed by atoms with Gasteiger partial charge in [0.25, 0.3) is 0 Å². The summed E-state index contributed by atoms with van der Waals surface area (Å²) in [6.07, 6.45) is 0. The summed E-state index contributed by atoms with van der Waals surface area (Å²) in [6, 6.07) is 6.47. The molecule has 0 saturated heterocycles. The van der Waals surface area contributed by atoms with Crippen LogP contribution in [0.25, 0.3) is 0 Å². The van der Waals surface area contributed by atoms with Crippen LogP contribution in [0.15, 0.2) is 28.7 Å². The number of hydrogen-bond donors (Lipinski definition) is 3. The van der Waals surface area contributed by atoms with E-state index in [4.69, 9.17) is 5.11 Å². The molecule has 1 unspecified atom stereocenters. The molecule has 0 aromatic heterocycles. The van der Waals surface area contributed by atoms with E-state index in [0.29, 0.717) is 5.69 Å². The molecule has 1 aromatic carbocycles. The third-order valence-corrected chi connectivity index (χ3v) is 3.02. The minimum absolute atomic E-state index is 0.0400. The third kappa shape index (κ3) is 5.40. The maximum atomic E-state index is 11.7. The Bertz CT molecular complexity index is 463. The number of carboxylic acid groups (broad SMARTS) is 1. The van der Waals surface area contributed by atoms with Gasteiger partial charge in [0.15, 0.2) is 0 Å². The van der Waals surface area contributed by atoms with Gasteiger partial charge in [0.1, 0.15) is 6.04 Å². The molecule has 0 aliphatic heterocycles. The van der Waals surface area contributed by atoms with Crippen molar-refractivity contribution in [3.8, 4) is 0 Å². The Labute approximate surface area is 120 Å². The first-order valence-electron chi connectivity index (χ1n) is 5.91. The molecule has 19 heavy (non-hydrogen) atoms. The summed E-state index contributed by atoms with van der Waals surface area (Å²) in [4.78, 5) is 22.6. The van der Waals surface area contributed by atoms with Crippen LogP contribution in [0, 0.1) is 5.92 Å². The number of carbonyl (C=O) groups is 2. The number of rotatable bonds is 6. The first kappa shape index (κ1) is 15.7. The summed E-state index contributed by atoms with van der Waals surface area (Å²) in [7, 11) is 0. The van der Waals surface area contributed by atoms with E-state index in [2.05, 4.69) is 26.6 Å². The van der Waals surface area contributed by atoms with Gasteiger partial charge in [0.2, 0.25) is 5.91 Å². The lowest BCUT2D eigenvalue weighted by Crippen LogP contribution is -2.44.